The Kier molecular flexibility index (Phi) is 7.75. The first-order valence-electron chi connectivity index (χ1n) is 10.6. The number of rotatable bonds is 10. The highest BCUT2D eigenvalue weighted by molar-refractivity contribution is 5.43. The van der Waals surface area contributed by atoms with Crippen molar-refractivity contribution < 1.29 is 9.47 Å². The molecule has 0 unspecified atom stereocenters. The molecule has 1 aliphatic heterocycles. The molecule has 1 aliphatic rings. The molecule has 0 spiro atoms. The normalized spacial score (nSPS) is 17.0. The Balaban J connectivity index is 1.58. The van der Waals surface area contributed by atoms with Gasteiger partial charge >= 0.3 is 0 Å². The van der Waals surface area contributed by atoms with Gasteiger partial charge in [0.05, 0.1) is 6.61 Å². The van der Waals surface area contributed by atoms with Gasteiger partial charge in [-0.25, -0.2) is 0 Å². The summed E-state index contributed by atoms with van der Waals surface area (Å²) in [4.78, 5) is 2.57. The molecule has 4 nitrogen and oxygen atoms in total. The van der Waals surface area contributed by atoms with Crippen LogP contribution in [0.5, 0.6) is 11.5 Å². The number of benzene rings is 2. The van der Waals surface area contributed by atoms with Crippen LogP contribution in [0.25, 0.3) is 0 Å². The molecule has 0 amide bonds. The number of nitrogens with one attached hydrogen (secondary N) is 1. The molecule has 4 heteroatoms. The molecule has 1 N–H and O–H groups in total. The fourth-order valence-electron chi connectivity index (χ4n) is 3.90. The number of hydrogen-bond donors (Lipinski definition) is 1. The van der Waals surface area contributed by atoms with Crippen LogP contribution in [-0.4, -0.2) is 37.2 Å². The molecule has 1 heterocycles. The van der Waals surface area contributed by atoms with Crippen molar-refractivity contribution in [3.63, 3.8) is 0 Å². The van der Waals surface area contributed by atoms with E-state index < -0.39 is 0 Å². The maximum Gasteiger partial charge on any atom is 0.161 e. The van der Waals surface area contributed by atoms with Crippen LogP contribution in [0.15, 0.2) is 42.5 Å². The van der Waals surface area contributed by atoms with Gasteiger partial charge in [0, 0.05) is 19.1 Å². The first kappa shape index (κ1) is 20.7. The molecule has 0 saturated carbocycles. The lowest BCUT2D eigenvalue weighted by molar-refractivity contribution is 0.259. The Bertz CT molecular complexity index is 747. The van der Waals surface area contributed by atoms with E-state index in [9.17, 15) is 0 Å². The van der Waals surface area contributed by atoms with Crippen LogP contribution in [-0.2, 0) is 13.2 Å². The standard InChI is InChI=1S/C24H34N2O2/c1-4-26-14-8-11-22(26)17-25-16-20-12-13-23(24(15-20)27-5-2)28-18-21-10-7-6-9-19(21)3/h6-7,9-10,12-13,15,22,25H,4-5,8,11,14,16-18H2,1-3H3/t22-/m0/s1. The van der Waals surface area contributed by atoms with Crippen LogP contribution >= 0.6 is 0 Å². The third-order valence-corrected chi connectivity index (χ3v) is 5.57. The van der Waals surface area contributed by atoms with E-state index in [4.69, 9.17) is 9.47 Å². The van der Waals surface area contributed by atoms with Gasteiger partial charge in [0.2, 0.25) is 0 Å². The molecule has 0 bridgehead atoms. The molecular formula is C24H34N2O2. The van der Waals surface area contributed by atoms with Crippen molar-refractivity contribution in [1.29, 1.82) is 0 Å². The molecule has 2 aromatic carbocycles. The second-order valence-corrected chi connectivity index (χ2v) is 7.48. The zero-order chi connectivity index (χ0) is 19.8. The van der Waals surface area contributed by atoms with E-state index in [1.54, 1.807) is 0 Å². The van der Waals surface area contributed by atoms with E-state index in [0.29, 0.717) is 19.3 Å². The topological polar surface area (TPSA) is 33.7 Å². The summed E-state index contributed by atoms with van der Waals surface area (Å²) in [5.74, 6) is 1.63. The number of aryl methyl sites for hydroxylation is 1. The molecule has 0 aliphatic carbocycles. The van der Waals surface area contributed by atoms with Gasteiger partial charge in [-0.15, -0.1) is 0 Å². The molecule has 1 fully saturated rings. The number of ether oxygens (including phenoxy) is 2. The lowest BCUT2D eigenvalue weighted by Crippen LogP contribution is -2.37. The van der Waals surface area contributed by atoms with Gasteiger partial charge in [-0.05, 0) is 68.6 Å². The fourth-order valence-corrected chi connectivity index (χ4v) is 3.90. The Hall–Kier alpha value is -2.04. The fraction of sp³-hybridized carbons (Fsp3) is 0.500. The van der Waals surface area contributed by atoms with Crippen molar-refractivity contribution in [2.75, 3.05) is 26.2 Å². The summed E-state index contributed by atoms with van der Waals surface area (Å²) in [5.41, 5.74) is 3.68. The van der Waals surface area contributed by atoms with Gasteiger partial charge in [0.15, 0.2) is 11.5 Å². The van der Waals surface area contributed by atoms with E-state index in [1.807, 2.05) is 19.1 Å². The Morgan fingerprint density at radius 2 is 1.93 bits per heavy atom. The second kappa shape index (κ2) is 10.5. The second-order valence-electron chi connectivity index (χ2n) is 7.48. The van der Waals surface area contributed by atoms with Crippen molar-refractivity contribution in [2.24, 2.45) is 0 Å². The summed E-state index contributed by atoms with van der Waals surface area (Å²) in [5, 5.41) is 3.62. The predicted octanol–water partition coefficient (Wildman–Crippen LogP) is 4.55. The first-order valence-corrected chi connectivity index (χ1v) is 10.6. The van der Waals surface area contributed by atoms with Crippen molar-refractivity contribution in [1.82, 2.24) is 10.2 Å². The van der Waals surface area contributed by atoms with E-state index in [2.05, 4.69) is 54.4 Å². The summed E-state index contributed by atoms with van der Waals surface area (Å²) in [6.45, 7) is 11.8. The summed E-state index contributed by atoms with van der Waals surface area (Å²) in [7, 11) is 0. The van der Waals surface area contributed by atoms with Crippen LogP contribution in [0.3, 0.4) is 0 Å². The minimum Gasteiger partial charge on any atom is -0.490 e. The zero-order valence-corrected chi connectivity index (χ0v) is 17.5. The number of nitrogens with zero attached hydrogens (tertiary/aromatic N) is 1. The average Bonchev–Trinajstić information content (AvgIpc) is 3.16. The maximum atomic E-state index is 6.07. The summed E-state index contributed by atoms with van der Waals surface area (Å²) < 4.78 is 11.9. The van der Waals surface area contributed by atoms with Gasteiger partial charge in [-0.1, -0.05) is 37.3 Å². The van der Waals surface area contributed by atoms with Crippen molar-refractivity contribution >= 4 is 0 Å². The van der Waals surface area contributed by atoms with Crippen molar-refractivity contribution in [2.45, 2.75) is 52.8 Å². The number of likely N-dealkylation sites (N-methyl/N-ethyl adjacent to an activating group) is 1. The van der Waals surface area contributed by atoms with Gasteiger partial charge in [0.1, 0.15) is 6.61 Å². The molecule has 3 rings (SSSR count). The van der Waals surface area contributed by atoms with Crippen LogP contribution in [0.1, 0.15) is 43.4 Å². The van der Waals surface area contributed by atoms with Crippen molar-refractivity contribution in [3.05, 3.63) is 59.2 Å². The number of hydrogen-bond acceptors (Lipinski definition) is 4. The predicted molar refractivity (Wildman–Crippen MR) is 115 cm³/mol. The highest BCUT2D eigenvalue weighted by Crippen LogP contribution is 2.29. The van der Waals surface area contributed by atoms with Crippen LogP contribution < -0.4 is 14.8 Å². The highest BCUT2D eigenvalue weighted by atomic mass is 16.5. The van der Waals surface area contributed by atoms with Gasteiger partial charge in [-0.3, -0.25) is 4.90 Å². The molecule has 1 saturated heterocycles. The van der Waals surface area contributed by atoms with Gasteiger partial charge in [-0.2, -0.15) is 0 Å². The largest absolute Gasteiger partial charge is 0.490 e. The third-order valence-electron chi connectivity index (χ3n) is 5.57. The van der Waals surface area contributed by atoms with Gasteiger partial charge < -0.3 is 14.8 Å². The SMILES string of the molecule is CCOc1cc(CNC[C@@H]2CCCN2CC)ccc1OCc1ccccc1C. The van der Waals surface area contributed by atoms with E-state index in [0.717, 1.165) is 31.1 Å². The lowest BCUT2D eigenvalue weighted by atomic mass is 10.1. The highest BCUT2D eigenvalue weighted by Gasteiger charge is 2.22. The minimum atomic E-state index is 0.554. The van der Waals surface area contributed by atoms with E-state index in [1.165, 1.54) is 36.1 Å². The maximum absolute atomic E-state index is 6.07. The number of likely N-dealkylation sites (tertiary alicyclic amines) is 1. The smallest absolute Gasteiger partial charge is 0.161 e. The average molecular weight is 383 g/mol. The Labute approximate surface area is 169 Å². The summed E-state index contributed by atoms with van der Waals surface area (Å²) >= 11 is 0. The minimum absolute atomic E-state index is 0.554. The monoisotopic (exact) mass is 382 g/mol. The molecule has 2 aromatic rings. The van der Waals surface area contributed by atoms with Gasteiger partial charge in [0.25, 0.3) is 0 Å². The molecule has 28 heavy (non-hydrogen) atoms. The van der Waals surface area contributed by atoms with Crippen LogP contribution in [0.4, 0.5) is 0 Å². The van der Waals surface area contributed by atoms with E-state index in [-0.39, 0.29) is 0 Å². The summed E-state index contributed by atoms with van der Waals surface area (Å²) in [6.07, 6.45) is 2.62. The van der Waals surface area contributed by atoms with Crippen LogP contribution in [0.2, 0.25) is 0 Å². The third kappa shape index (κ3) is 5.49. The molecule has 0 radical (unpaired) electrons. The van der Waals surface area contributed by atoms with Crippen molar-refractivity contribution in [3.8, 4) is 11.5 Å². The molecule has 152 valence electrons. The lowest BCUT2D eigenvalue weighted by Gasteiger charge is -2.23. The zero-order valence-electron chi connectivity index (χ0n) is 17.5. The quantitative estimate of drug-likeness (QED) is 0.654. The molecule has 1 atom stereocenters. The first-order chi connectivity index (χ1) is 13.7. The molecular weight excluding hydrogens is 348 g/mol. The Morgan fingerprint density at radius 3 is 2.71 bits per heavy atom. The van der Waals surface area contributed by atoms with Crippen LogP contribution in [0, 0.1) is 6.92 Å². The summed E-state index contributed by atoms with van der Waals surface area (Å²) in [6, 6.07) is 15.3. The Morgan fingerprint density at radius 1 is 1.07 bits per heavy atom. The van der Waals surface area contributed by atoms with E-state index >= 15 is 0 Å². The molecule has 0 aromatic heterocycles.